The van der Waals surface area contributed by atoms with Gasteiger partial charge in [0, 0.05) is 4.47 Å². The minimum atomic E-state index is -4.36. The van der Waals surface area contributed by atoms with E-state index in [0.29, 0.717) is 11.1 Å². The summed E-state index contributed by atoms with van der Waals surface area (Å²) in [5.41, 5.74) is 2.50. The molecule has 0 spiro atoms. The third-order valence-corrected chi connectivity index (χ3v) is 4.58. The van der Waals surface area contributed by atoms with Crippen LogP contribution >= 0.6 is 15.9 Å². The number of aryl methyl sites for hydroxylation is 1. The number of aromatic nitrogens is 1. The maximum absolute atomic E-state index is 13.0. The van der Waals surface area contributed by atoms with Gasteiger partial charge < -0.3 is 24.0 Å². The van der Waals surface area contributed by atoms with Crippen molar-refractivity contribution in [2.75, 3.05) is 0 Å². The summed E-state index contributed by atoms with van der Waals surface area (Å²) in [6.07, 6.45) is -0.607. The molecule has 1 heterocycles. The Bertz CT molecular complexity index is 880. The van der Waals surface area contributed by atoms with Crippen LogP contribution in [0.1, 0.15) is 5.56 Å². The summed E-state index contributed by atoms with van der Waals surface area (Å²) in [5, 5.41) is 0. The van der Waals surface area contributed by atoms with E-state index < -0.39 is 11.7 Å². The van der Waals surface area contributed by atoms with E-state index in [1.54, 1.807) is 6.07 Å². The van der Waals surface area contributed by atoms with Gasteiger partial charge in [-0.1, -0.05) is 42.5 Å². The SMILES string of the molecule is C[n+]1cc(-c2ccccc2)c(Br)c(-c2cccc(C(F)(F)F)c2)c1.[I-]. The average Bonchev–Trinajstić information content (AvgIpc) is 2.57. The van der Waals surface area contributed by atoms with Gasteiger partial charge in [0.2, 0.25) is 0 Å². The molecule has 0 saturated heterocycles. The third-order valence-electron chi connectivity index (χ3n) is 3.72. The second kappa shape index (κ2) is 7.86. The molecule has 130 valence electrons. The van der Waals surface area contributed by atoms with Gasteiger partial charge in [-0.2, -0.15) is 13.2 Å². The minimum absolute atomic E-state index is 0. The fourth-order valence-corrected chi connectivity index (χ4v) is 3.25. The molecule has 3 aromatic rings. The highest BCUT2D eigenvalue weighted by atomic mass is 127. The van der Waals surface area contributed by atoms with Crippen LogP contribution in [0.3, 0.4) is 0 Å². The van der Waals surface area contributed by atoms with Crippen molar-refractivity contribution in [2.45, 2.75) is 6.18 Å². The second-order valence-corrected chi connectivity index (χ2v) is 6.30. The number of nitrogens with zero attached hydrogens (tertiary/aromatic N) is 1. The standard InChI is InChI=1S/C19H14BrF3N.HI/c1-24-11-16(13-6-3-2-4-7-13)18(20)17(12-24)14-8-5-9-15(10-14)19(21,22)23;/h2-12H,1H3;1H/q+1;/p-1. The van der Waals surface area contributed by atoms with Crippen LogP contribution in [-0.4, -0.2) is 0 Å². The maximum atomic E-state index is 13.0. The highest BCUT2D eigenvalue weighted by Crippen LogP contribution is 2.37. The van der Waals surface area contributed by atoms with Crippen molar-refractivity contribution in [3.63, 3.8) is 0 Å². The van der Waals surface area contributed by atoms with Crippen molar-refractivity contribution in [3.05, 3.63) is 77.0 Å². The first-order chi connectivity index (χ1) is 11.4. The maximum Gasteiger partial charge on any atom is 0.416 e. The van der Waals surface area contributed by atoms with Crippen molar-refractivity contribution in [1.82, 2.24) is 0 Å². The van der Waals surface area contributed by atoms with E-state index in [-0.39, 0.29) is 24.0 Å². The monoisotopic (exact) mass is 519 g/mol. The van der Waals surface area contributed by atoms with Crippen LogP contribution in [0.5, 0.6) is 0 Å². The van der Waals surface area contributed by atoms with Crippen LogP contribution in [0.2, 0.25) is 0 Å². The molecule has 0 amide bonds. The third kappa shape index (κ3) is 4.41. The van der Waals surface area contributed by atoms with Crippen molar-refractivity contribution in [2.24, 2.45) is 7.05 Å². The zero-order chi connectivity index (χ0) is 17.3. The van der Waals surface area contributed by atoms with Gasteiger partial charge in [-0.05, 0) is 39.2 Å². The highest BCUT2D eigenvalue weighted by molar-refractivity contribution is 9.10. The Labute approximate surface area is 169 Å². The molecule has 0 N–H and O–H groups in total. The summed E-state index contributed by atoms with van der Waals surface area (Å²) in [6, 6.07) is 15.1. The fourth-order valence-electron chi connectivity index (χ4n) is 2.59. The van der Waals surface area contributed by atoms with E-state index in [1.165, 1.54) is 12.1 Å². The molecule has 0 atom stereocenters. The normalized spacial score (nSPS) is 11.1. The van der Waals surface area contributed by atoms with E-state index in [9.17, 15) is 13.2 Å². The van der Waals surface area contributed by atoms with E-state index >= 15 is 0 Å². The molecule has 1 nitrogen and oxygen atoms in total. The first-order valence-electron chi connectivity index (χ1n) is 7.28. The lowest BCUT2D eigenvalue weighted by Gasteiger charge is -2.11. The second-order valence-electron chi connectivity index (χ2n) is 5.51. The van der Waals surface area contributed by atoms with Crippen molar-refractivity contribution < 1.29 is 41.7 Å². The molecular formula is C19H14BrF3IN. The van der Waals surface area contributed by atoms with E-state index in [4.69, 9.17) is 0 Å². The molecule has 1 aromatic heterocycles. The van der Waals surface area contributed by atoms with Crippen LogP contribution in [0.4, 0.5) is 13.2 Å². The Morgan fingerprint density at radius 2 is 1.40 bits per heavy atom. The lowest BCUT2D eigenvalue weighted by Crippen LogP contribution is -3.00. The smallest absolute Gasteiger partial charge is 0.416 e. The van der Waals surface area contributed by atoms with Gasteiger partial charge in [0.25, 0.3) is 0 Å². The number of alkyl halides is 3. The number of halogens is 5. The number of hydrogen-bond acceptors (Lipinski definition) is 0. The summed E-state index contributed by atoms with van der Waals surface area (Å²) in [7, 11) is 1.86. The quantitative estimate of drug-likeness (QED) is 0.362. The van der Waals surface area contributed by atoms with Gasteiger partial charge >= 0.3 is 6.18 Å². The largest absolute Gasteiger partial charge is 1.00 e. The lowest BCUT2D eigenvalue weighted by molar-refractivity contribution is -0.670. The van der Waals surface area contributed by atoms with Crippen LogP contribution in [0, 0.1) is 0 Å². The molecule has 0 bridgehead atoms. The summed E-state index contributed by atoms with van der Waals surface area (Å²) in [5.74, 6) is 0. The van der Waals surface area contributed by atoms with Gasteiger partial charge in [-0.15, -0.1) is 0 Å². The zero-order valence-corrected chi connectivity index (χ0v) is 16.9. The first-order valence-corrected chi connectivity index (χ1v) is 8.07. The number of benzene rings is 2. The number of pyridine rings is 1. The summed E-state index contributed by atoms with van der Waals surface area (Å²) >= 11 is 3.57. The number of hydrogen-bond donors (Lipinski definition) is 0. The highest BCUT2D eigenvalue weighted by Gasteiger charge is 2.30. The molecule has 0 radical (unpaired) electrons. The van der Waals surface area contributed by atoms with Gasteiger partial charge in [0.15, 0.2) is 12.4 Å². The predicted octanol–water partition coefficient (Wildman–Crippen LogP) is 2.63. The van der Waals surface area contributed by atoms with Crippen LogP contribution in [0.15, 0.2) is 71.5 Å². The van der Waals surface area contributed by atoms with Gasteiger partial charge in [-0.3, -0.25) is 0 Å². The van der Waals surface area contributed by atoms with Gasteiger partial charge in [-0.25, -0.2) is 4.57 Å². The minimum Gasteiger partial charge on any atom is -1.00 e. The fraction of sp³-hybridized carbons (Fsp3) is 0.105. The Kier molecular flexibility index (Phi) is 6.26. The Morgan fingerprint density at radius 1 is 0.840 bits per heavy atom. The summed E-state index contributed by atoms with van der Waals surface area (Å²) < 4.78 is 41.6. The average molecular weight is 520 g/mol. The number of rotatable bonds is 2. The molecule has 3 rings (SSSR count). The Balaban J connectivity index is 0.00000225. The van der Waals surface area contributed by atoms with Crippen LogP contribution in [-0.2, 0) is 13.2 Å². The van der Waals surface area contributed by atoms with Crippen molar-refractivity contribution >= 4 is 15.9 Å². The van der Waals surface area contributed by atoms with Crippen LogP contribution in [0.25, 0.3) is 22.3 Å². The van der Waals surface area contributed by atoms with Crippen LogP contribution < -0.4 is 28.5 Å². The van der Waals surface area contributed by atoms with E-state index in [0.717, 1.165) is 21.7 Å². The van der Waals surface area contributed by atoms with Crippen molar-refractivity contribution in [3.8, 4) is 22.3 Å². The molecule has 0 aliphatic carbocycles. The van der Waals surface area contributed by atoms with E-state index in [2.05, 4.69) is 15.9 Å². The zero-order valence-electron chi connectivity index (χ0n) is 13.2. The molecule has 0 aliphatic heterocycles. The molecule has 2 aromatic carbocycles. The topological polar surface area (TPSA) is 3.88 Å². The Morgan fingerprint density at radius 3 is 2.00 bits per heavy atom. The molecular weight excluding hydrogens is 506 g/mol. The van der Waals surface area contributed by atoms with Gasteiger partial charge in [0.1, 0.15) is 7.05 Å². The molecule has 0 unspecified atom stereocenters. The predicted molar refractivity (Wildman–Crippen MR) is 91.2 cm³/mol. The van der Waals surface area contributed by atoms with E-state index in [1.807, 2.05) is 54.3 Å². The van der Waals surface area contributed by atoms with Crippen molar-refractivity contribution in [1.29, 1.82) is 0 Å². The molecule has 0 saturated carbocycles. The molecule has 0 aliphatic rings. The first kappa shape index (κ1) is 19.9. The molecule has 6 heteroatoms. The molecule has 25 heavy (non-hydrogen) atoms. The lowest BCUT2D eigenvalue weighted by atomic mass is 10.00. The molecule has 0 fully saturated rings. The Hall–Kier alpha value is -1.41. The summed E-state index contributed by atoms with van der Waals surface area (Å²) in [4.78, 5) is 0. The van der Waals surface area contributed by atoms with Gasteiger partial charge in [0.05, 0.1) is 16.7 Å². The summed E-state index contributed by atoms with van der Waals surface area (Å²) in [6.45, 7) is 0.